The van der Waals surface area contributed by atoms with Gasteiger partial charge < -0.3 is 10.2 Å². The van der Waals surface area contributed by atoms with Gasteiger partial charge in [-0.15, -0.1) is 0 Å². The fourth-order valence-corrected chi connectivity index (χ4v) is 3.12. The molecule has 100 valence electrons. The second-order valence-electron chi connectivity index (χ2n) is 4.50. The van der Waals surface area contributed by atoms with Gasteiger partial charge in [-0.25, -0.2) is 13.1 Å². The van der Waals surface area contributed by atoms with Gasteiger partial charge in [0.25, 0.3) is 0 Å². The zero-order valence-corrected chi connectivity index (χ0v) is 10.4. The lowest BCUT2D eigenvalue weighted by Crippen LogP contribution is -2.31. The van der Waals surface area contributed by atoms with Gasteiger partial charge >= 0.3 is 5.97 Å². The van der Waals surface area contributed by atoms with Crippen LogP contribution in [0.4, 0.5) is 0 Å². The summed E-state index contributed by atoms with van der Waals surface area (Å²) in [7, 11) is -3.38. The van der Waals surface area contributed by atoms with Crippen molar-refractivity contribution in [3.8, 4) is 0 Å². The van der Waals surface area contributed by atoms with E-state index in [1.165, 1.54) is 0 Å². The minimum absolute atomic E-state index is 0.123. The van der Waals surface area contributed by atoms with Gasteiger partial charge in [-0.1, -0.05) is 0 Å². The minimum Gasteiger partial charge on any atom is -0.481 e. The van der Waals surface area contributed by atoms with Gasteiger partial charge in [0.15, 0.2) is 0 Å². The summed E-state index contributed by atoms with van der Waals surface area (Å²) in [6.45, 7) is 0.340. The van der Waals surface area contributed by atoms with Gasteiger partial charge in [-0.2, -0.15) is 0 Å². The Morgan fingerprint density at radius 2 is 2.06 bits per heavy atom. The Morgan fingerprint density at radius 1 is 1.35 bits per heavy atom. The summed E-state index contributed by atoms with van der Waals surface area (Å²) in [5, 5.41) is 17.7. The van der Waals surface area contributed by atoms with Gasteiger partial charge in [0.2, 0.25) is 10.0 Å². The Hall–Kier alpha value is -0.660. The van der Waals surface area contributed by atoms with Crippen LogP contribution in [0.2, 0.25) is 0 Å². The molecule has 1 saturated carbocycles. The second kappa shape index (κ2) is 6.32. The van der Waals surface area contributed by atoms with E-state index in [0.29, 0.717) is 13.0 Å². The van der Waals surface area contributed by atoms with E-state index in [-0.39, 0.29) is 30.6 Å². The van der Waals surface area contributed by atoms with Gasteiger partial charge in [0.1, 0.15) is 0 Å². The lowest BCUT2D eigenvalue weighted by Gasteiger charge is -2.11. The molecule has 0 aromatic rings. The molecule has 1 rings (SSSR count). The highest BCUT2D eigenvalue weighted by atomic mass is 32.2. The number of hydrogen-bond acceptors (Lipinski definition) is 4. The lowest BCUT2D eigenvalue weighted by atomic mass is 10.1. The Balaban J connectivity index is 2.22. The lowest BCUT2D eigenvalue weighted by molar-refractivity contribution is -0.137. The third-order valence-electron chi connectivity index (χ3n) is 2.91. The maximum absolute atomic E-state index is 11.5. The van der Waals surface area contributed by atoms with E-state index in [1.54, 1.807) is 0 Å². The van der Waals surface area contributed by atoms with Crippen LogP contribution in [-0.4, -0.2) is 43.0 Å². The van der Waals surface area contributed by atoms with E-state index < -0.39 is 16.0 Å². The van der Waals surface area contributed by atoms with Crippen LogP contribution in [0, 0.1) is 5.92 Å². The van der Waals surface area contributed by atoms with E-state index in [2.05, 4.69) is 4.72 Å². The largest absolute Gasteiger partial charge is 0.481 e. The van der Waals surface area contributed by atoms with Crippen LogP contribution >= 0.6 is 0 Å². The molecule has 1 fully saturated rings. The fraction of sp³-hybridized carbons (Fsp3) is 0.900. The molecule has 0 radical (unpaired) electrons. The zero-order chi connectivity index (χ0) is 12.9. The van der Waals surface area contributed by atoms with Gasteiger partial charge in [0.05, 0.1) is 11.9 Å². The number of carboxylic acids is 1. The average Bonchev–Trinajstić information content (AvgIpc) is 2.61. The van der Waals surface area contributed by atoms with Gasteiger partial charge in [-0.05, 0) is 31.6 Å². The van der Waals surface area contributed by atoms with Crippen molar-refractivity contribution in [3.63, 3.8) is 0 Å². The summed E-state index contributed by atoms with van der Waals surface area (Å²) in [6.07, 6.45) is 1.87. The highest BCUT2D eigenvalue weighted by Crippen LogP contribution is 2.24. The molecule has 0 spiro atoms. The number of sulfonamides is 1. The quantitative estimate of drug-likeness (QED) is 0.598. The summed E-state index contributed by atoms with van der Waals surface area (Å²) in [4.78, 5) is 10.2. The first kappa shape index (κ1) is 14.4. The smallest absolute Gasteiger partial charge is 0.303 e. The Morgan fingerprint density at radius 3 is 2.59 bits per heavy atom. The standard InChI is InChI=1S/C10H19NO5S/c12-9-4-3-8(6-9)7-11-17(15,16)5-1-2-10(13)14/h8-9,11-12H,1-7H2,(H,13,14). The summed E-state index contributed by atoms with van der Waals surface area (Å²) in [5.41, 5.74) is 0. The van der Waals surface area contributed by atoms with E-state index in [9.17, 15) is 18.3 Å². The molecule has 0 bridgehead atoms. The Kier molecular flexibility index (Phi) is 5.35. The summed E-state index contributed by atoms with van der Waals surface area (Å²) >= 11 is 0. The molecule has 0 amide bonds. The third kappa shape index (κ3) is 5.99. The predicted molar refractivity (Wildman–Crippen MR) is 62.0 cm³/mol. The van der Waals surface area contributed by atoms with Crippen molar-refractivity contribution in [2.24, 2.45) is 5.92 Å². The summed E-state index contributed by atoms with van der Waals surface area (Å²) in [5.74, 6) is -0.951. The molecule has 1 aliphatic carbocycles. The number of aliphatic hydroxyl groups excluding tert-OH is 1. The van der Waals surface area contributed by atoms with E-state index in [0.717, 1.165) is 12.8 Å². The average molecular weight is 265 g/mol. The maximum Gasteiger partial charge on any atom is 0.303 e. The first-order chi connectivity index (χ1) is 7.89. The molecule has 0 saturated heterocycles. The molecule has 0 aliphatic heterocycles. The molecule has 17 heavy (non-hydrogen) atoms. The van der Waals surface area contributed by atoms with Crippen molar-refractivity contribution in [2.45, 2.75) is 38.2 Å². The monoisotopic (exact) mass is 265 g/mol. The zero-order valence-electron chi connectivity index (χ0n) is 9.63. The number of carboxylic acid groups (broad SMARTS) is 1. The van der Waals surface area contributed by atoms with Crippen LogP contribution in [0.5, 0.6) is 0 Å². The second-order valence-corrected chi connectivity index (χ2v) is 6.42. The maximum atomic E-state index is 11.5. The molecule has 0 heterocycles. The highest BCUT2D eigenvalue weighted by Gasteiger charge is 2.24. The van der Waals surface area contributed by atoms with Crippen LogP contribution in [0.3, 0.4) is 0 Å². The van der Waals surface area contributed by atoms with Crippen molar-refractivity contribution in [1.29, 1.82) is 0 Å². The Labute approximate surface area is 101 Å². The van der Waals surface area contributed by atoms with Crippen LogP contribution < -0.4 is 4.72 Å². The SMILES string of the molecule is O=C(O)CCCS(=O)(=O)NCC1CCC(O)C1. The molecule has 0 aromatic heterocycles. The van der Waals surface area contributed by atoms with E-state index >= 15 is 0 Å². The first-order valence-electron chi connectivity index (χ1n) is 5.76. The first-order valence-corrected chi connectivity index (χ1v) is 7.41. The summed E-state index contributed by atoms with van der Waals surface area (Å²) in [6, 6.07) is 0. The molecule has 6 nitrogen and oxygen atoms in total. The molecular weight excluding hydrogens is 246 g/mol. The van der Waals surface area contributed by atoms with Crippen LogP contribution in [0.1, 0.15) is 32.1 Å². The normalized spacial score (nSPS) is 25.0. The molecule has 0 aromatic carbocycles. The molecule has 7 heteroatoms. The number of carbonyl (C=O) groups is 1. The van der Waals surface area contributed by atoms with Crippen molar-refractivity contribution < 1.29 is 23.4 Å². The fourth-order valence-electron chi connectivity index (χ4n) is 1.96. The molecule has 1 aliphatic rings. The van der Waals surface area contributed by atoms with Crippen molar-refractivity contribution >= 4 is 16.0 Å². The number of hydrogen-bond donors (Lipinski definition) is 3. The Bertz CT molecular complexity index is 354. The van der Waals surface area contributed by atoms with Gasteiger partial charge in [0, 0.05) is 13.0 Å². The van der Waals surface area contributed by atoms with E-state index in [4.69, 9.17) is 5.11 Å². The molecular formula is C10H19NO5S. The highest BCUT2D eigenvalue weighted by molar-refractivity contribution is 7.89. The summed E-state index contributed by atoms with van der Waals surface area (Å²) < 4.78 is 25.4. The minimum atomic E-state index is -3.38. The van der Waals surface area contributed by atoms with Crippen molar-refractivity contribution in [2.75, 3.05) is 12.3 Å². The molecule has 3 N–H and O–H groups in total. The molecule has 2 atom stereocenters. The van der Waals surface area contributed by atoms with Crippen molar-refractivity contribution in [1.82, 2.24) is 4.72 Å². The van der Waals surface area contributed by atoms with Crippen LogP contribution in [-0.2, 0) is 14.8 Å². The predicted octanol–water partition coefficient (Wildman–Crippen LogP) is -0.0684. The van der Waals surface area contributed by atoms with Gasteiger partial charge in [-0.3, -0.25) is 4.79 Å². The topological polar surface area (TPSA) is 104 Å². The number of rotatable bonds is 7. The number of aliphatic hydroxyl groups is 1. The number of aliphatic carboxylic acids is 1. The van der Waals surface area contributed by atoms with Crippen LogP contribution in [0.25, 0.3) is 0 Å². The molecule has 2 unspecified atom stereocenters. The van der Waals surface area contributed by atoms with Crippen LogP contribution in [0.15, 0.2) is 0 Å². The van der Waals surface area contributed by atoms with E-state index in [1.807, 2.05) is 0 Å². The number of nitrogens with one attached hydrogen (secondary N) is 1. The third-order valence-corrected chi connectivity index (χ3v) is 4.34. The van der Waals surface area contributed by atoms with Crippen molar-refractivity contribution in [3.05, 3.63) is 0 Å².